The Morgan fingerprint density at radius 3 is 2.50 bits per heavy atom. The Morgan fingerprint density at radius 2 is 1.95 bits per heavy atom. The lowest BCUT2D eigenvalue weighted by atomic mass is 10.1. The van der Waals surface area contributed by atoms with E-state index in [0.29, 0.717) is 11.3 Å². The van der Waals surface area contributed by atoms with Gasteiger partial charge in [0.1, 0.15) is 6.61 Å². The molecule has 0 spiro atoms. The highest BCUT2D eigenvalue weighted by atomic mass is 79.9. The maximum absolute atomic E-state index is 11.8. The van der Waals surface area contributed by atoms with Crippen molar-refractivity contribution in [2.75, 3.05) is 19.0 Å². The first-order valence-corrected chi connectivity index (χ1v) is 6.97. The third kappa shape index (κ3) is 5.30. The van der Waals surface area contributed by atoms with E-state index in [1.54, 1.807) is 18.2 Å². The minimum atomic E-state index is -0.388. The van der Waals surface area contributed by atoms with Crippen molar-refractivity contribution in [1.29, 1.82) is 0 Å². The molecule has 1 aromatic carbocycles. The number of rotatable bonds is 4. The van der Waals surface area contributed by atoms with E-state index in [-0.39, 0.29) is 24.0 Å². The van der Waals surface area contributed by atoms with Crippen molar-refractivity contribution in [1.82, 2.24) is 5.32 Å². The number of hydrogen-bond donors (Lipinski definition) is 2. The van der Waals surface area contributed by atoms with Gasteiger partial charge >= 0.3 is 0 Å². The lowest BCUT2D eigenvalue weighted by Crippen LogP contribution is -2.28. The molecule has 20 heavy (non-hydrogen) atoms. The lowest BCUT2D eigenvalue weighted by molar-refractivity contribution is -0.125. The molecular weight excluding hydrogens is 324 g/mol. The summed E-state index contributed by atoms with van der Waals surface area (Å²) < 4.78 is 6.16. The van der Waals surface area contributed by atoms with Gasteiger partial charge in [-0.1, -0.05) is 15.9 Å². The molecule has 0 bridgehead atoms. The SMILES string of the molecule is CNC(=O)c1cc(Br)ccc1NC(=O)COC(C)(C)C. The number of hydrogen-bond acceptors (Lipinski definition) is 3. The van der Waals surface area contributed by atoms with Crippen LogP contribution in [0.1, 0.15) is 31.1 Å². The van der Waals surface area contributed by atoms with E-state index in [9.17, 15) is 9.59 Å². The Morgan fingerprint density at radius 1 is 1.30 bits per heavy atom. The summed E-state index contributed by atoms with van der Waals surface area (Å²) in [7, 11) is 1.54. The van der Waals surface area contributed by atoms with Crippen LogP contribution in [0, 0.1) is 0 Å². The molecule has 0 aromatic heterocycles. The molecule has 6 heteroatoms. The molecule has 110 valence electrons. The van der Waals surface area contributed by atoms with Crippen LogP contribution in [0.5, 0.6) is 0 Å². The Balaban J connectivity index is 2.82. The first-order chi connectivity index (χ1) is 9.23. The van der Waals surface area contributed by atoms with Crippen LogP contribution in [0.25, 0.3) is 0 Å². The standard InChI is InChI=1S/C14H19BrN2O3/c1-14(2,3)20-8-12(18)17-11-6-5-9(15)7-10(11)13(19)16-4/h5-7H,8H2,1-4H3,(H,16,19)(H,17,18). The van der Waals surface area contributed by atoms with Crippen LogP contribution in [-0.4, -0.2) is 31.1 Å². The number of nitrogens with one attached hydrogen (secondary N) is 2. The molecule has 0 saturated heterocycles. The smallest absolute Gasteiger partial charge is 0.253 e. The largest absolute Gasteiger partial charge is 0.366 e. The summed E-state index contributed by atoms with van der Waals surface area (Å²) in [5.74, 6) is -0.564. The fraction of sp³-hybridized carbons (Fsp3) is 0.429. The van der Waals surface area contributed by atoms with Gasteiger partial charge in [0, 0.05) is 11.5 Å². The molecule has 0 aliphatic heterocycles. The van der Waals surface area contributed by atoms with Crippen molar-refractivity contribution in [3.63, 3.8) is 0 Å². The number of carbonyl (C=O) groups is 2. The number of halogens is 1. The second-order valence-corrected chi connectivity index (χ2v) is 6.13. The number of amides is 2. The molecule has 0 saturated carbocycles. The molecule has 5 nitrogen and oxygen atoms in total. The first kappa shape index (κ1) is 16.7. The predicted molar refractivity (Wildman–Crippen MR) is 81.9 cm³/mol. The van der Waals surface area contributed by atoms with E-state index in [2.05, 4.69) is 26.6 Å². The van der Waals surface area contributed by atoms with Gasteiger partial charge < -0.3 is 15.4 Å². The predicted octanol–water partition coefficient (Wildman–Crippen LogP) is 2.56. The van der Waals surface area contributed by atoms with Crippen LogP contribution < -0.4 is 10.6 Å². The summed E-state index contributed by atoms with van der Waals surface area (Å²) in [6, 6.07) is 5.08. The Labute approximate surface area is 127 Å². The zero-order chi connectivity index (χ0) is 15.3. The number of ether oxygens (including phenoxy) is 1. The fourth-order valence-electron chi connectivity index (χ4n) is 1.42. The summed E-state index contributed by atoms with van der Waals surface area (Å²) >= 11 is 3.30. The monoisotopic (exact) mass is 342 g/mol. The van der Waals surface area contributed by atoms with E-state index in [4.69, 9.17) is 4.74 Å². The molecular formula is C14H19BrN2O3. The van der Waals surface area contributed by atoms with Crippen molar-refractivity contribution >= 4 is 33.4 Å². The molecule has 1 rings (SSSR count). The van der Waals surface area contributed by atoms with E-state index < -0.39 is 0 Å². The Kier molecular flexibility index (Phi) is 5.71. The van der Waals surface area contributed by atoms with Crippen molar-refractivity contribution in [2.45, 2.75) is 26.4 Å². The second kappa shape index (κ2) is 6.85. The molecule has 0 aliphatic rings. The molecule has 0 fully saturated rings. The zero-order valence-electron chi connectivity index (χ0n) is 12.0. The lowest BCUT2D eigenvalue weighted by Gasteiger charge is -2.19. The van der Waals surface area contributed by atoms with Crippen LogP contribution in [0.15, 0.2) is 22.7 Å². The Hall–Kier alpha value is -1.40. The van der Waals surface area contributed by atoms with Gasteiger partial charge in [-0.15, -0.1) is 0 Å². The van der Waals surface area contributed by atoms with Gasteiger partial charge in [0.05, 0.1) is 16.9 Å². The van der Waals surface area contributed by atoms with Gasteiger partial charge in [-0.05, 0) is 39.0 Å². The van der Waals surface area contributed by atoms with Crippen LogP contribution >= 0.6 is 15.9 Å². The molecule has 0 aliphatic carbocycles. The minimum absolute atomic E-state index is 0.0628. The van der Waals surface area contributed by atoms with Gasteiger partial charge in [0.15, 0.2) is 0 Å². The molecule has 2 N–H and O–H groups in total. The average molecular weight is 343 g/mol. The zero-order valence-corrected chi connectivity index (χ0v) is 13.6. The van der Waals surface area contributed by atoms with Crippen LogP contribution in [0.4, 0.5) is 5.69 Å². The first-order valence-electron chi connectivity index (χ1n) is 6.18. The third-order valence-electron chi connectivity index (χ3n) is 2.36. The van der Waals surface area contributed by atoms with Gasteiger partial charge in [-0.25, -0.2) is 0 Å². The van der Waals surface area contributed by atoms with E-state index in [1.165, 1.54) is 7.05 Å². The van der Waals surface area contributed by atoms with Crippen LogP contribution in [0.2, 0.25) is 0 Å². The van der Waals surface area contributed by atoms with Crippen molar-refractivity contribution in [3.8, 4) is 0 Å². The average Bonchev–Trinajstić information content (AvgIpc) is 2.37. The van der Waals surface area contributed by atoms with Crippen molar-refractivity contribution < 1.29 is 14.3 Å². The second-order valence-electron chi connectivity index (χ2n) is 5.22. The van der Waals surface area contributed by atoms with Gasteiger partial charge in [-0.2, -0.15) is 0 Å². The Bertz CT molecular complexity index is 510. The maximum Gasteiger partial charge on any atom is 0.253 e. The number of carbonyl (C=O) groups excluding carboxylic acids is 2. The normalized spacial score (nSPS) is 11.1. The number of anilines is 1. The van der Waals surface area contributed by atoms with Gasteiger partial charge in [0.2, 0.25) is 5.91 Å². The van der Waals surface area contributed by atoms with E-state index in [0.717, 1.165) is 4.47 Å². The maximum atomic E-state index is 11.8. The topological polar surface area (TPSA) is 67.4 Å². The molecule has 2 amide bonds. The fourth-order valence-corrected chi connectivity index (χ4v) is 1.78. The van der Waals surface area contributed by atoms with Crippen LogP contribution in [0.3, 0.4) is 0 Å². The molecule has 0 atom stereocenters. The molecule has 0 heterocycles. The molecule has 0 radical (unpaired) electrons. The number of benzene rings is 1. The van der Waals surface area contributed by atoms with Gasteiger partial charge in [0.25, 0.3) is 5.91 Å². The summed E-state index contributed by atoms with van der Waals surface area (Å²) in [4.78, 5) is 23.6. The van der Waals surface area contributed by atoms with Gasteiger partial charge in [-0.3, -0.25) is 9.59 Å². The quantitative estimate of drug-likeness (QED) is 0.883. The van der Waals surface area contributed by atoms with Crippen molar-refractivity contribution in [2.24, 2.45) is 0 Å². The highest BCUT2D eigenvalue weighted by molar-refractivity contribution is 9.10. The highest BCUT2D eigenvalue weighted by Gasteiger charge is 2.16. The third-order valence-corrected chi connectivity index (χ3v) is 2.86. The van der Waals surface area contributed by atoms with E-state index in [1.807, 2.05) is 20.8 Å². The van der Waals surface area contributed by atoms with Crippen LogP contribution in [-0.2, 0) is 9.53 Å². The summed E-state index contributed by atoms with van der Waals surface area (Å²) in [6.45, 7) is 5.55. The van der Waals surface area contributed by atoms with Crippen molar-refractivity contribution in [3.05, 3.63) is 28.2 Å². The summed E-state index contributed by atoms with van der Waals surface area (Å²) in [5, 5.41) is 5.22. The highest BCUT2D eigenvalue weighted by Crippen LogP contribution is 2.21. The minimum Gasteiger partial charge on any atom is -0.366 e. The molecule has 0 unspecified atom stereocenters. The molecule has 1 aromatic rings. The van der Waals surface area contributed by atoms with E-state index >= 15 is 0 Å². The summed E-state index contributed by atoms with van der Waals surface area (Å²) in [6.07, 6.45) is 0. The summed E-state index contributed by atoms with van der Waals surface area (Å²) in [5.41, 5.74) is 0.460.